The molecule has 7 nitrogen and oxygen atoms in total. The third-order valence-corrected chi connectivity index (χ3v) is 2.37. The Morgan fingerprint density at radius 1 is 1.32 bits per heavy atom. The minimum absolute atomic E-state index is 0.0818. The fraction of sp³-hybridized carbons (Fsp3) is 0.333. The molecule has 0 atom stereocenters. The smallest absolute Gasteiger partial charge is 0.337 e. The van der Waals surface area contributed by atoms with Crippen molar-refractivity contribution >= 4 is 23.3 Å². The lowest BCUT2D eigenvalue weighted by Crippen LogP contribution is -2.28. The second-order valence-electron chi connectivity index (χ2n) is 5.00. The monoisotopic (exact) mass is 266 g/mol. The van der Waals surface area contributed by atoms with Gasteiger partial charge >= 0.3 is 5.97 Å². The quantitative estimate of drug-likeness (QED) is 0.644. The van der Waals surface area contributed by atoms with E-state index in [1.54, 1.807) is 20.8 Å². The summed E-state index contributed by atoms with van der Waals surface area (Å²) in [7, 11) is 0. The molecule has 1 aromatic carbocycles. The number of non-ortho nitro benzene ring substituents is 1. The molecule has 1 aromatic rings. The van der Waals surface area contributed by atoms with Crippen molar-refractivity contribution in [2.45, 2.75) is 20.8 Å². The highest BCUT2D eigenvalue weighted by Gasteiger charge is 2.24. The number of aromatic carboxylic acids is 1. The zero-order valence-electron chi connectivity index (χ0n) is 10.8. The highest BCUT2D eigenvalue weighted by atomic mass is 16.6. The molecule has 0 heterocycles. The van der Waals surface area contributed by atoms with E-state index < -0.39 is 22.2 Å². The zero-order valence-corrected chi connectivity index (χ0v) is 10.8. The van der Waals surface area contributed by atoms with E-state index in [-0.39, 0.29) is 16.9 Å². The summed E-state index contributed by atoms with van der Waals surface area (Å²) in [6.07, 6.45) is 0. The average Bonchev–Trinajstić information content (AvgIpc) is 2.27. The molecule has 0 saturated carbocycles. The van der Waals surface area contributed by atoms with Gasteiger partial charge in [-0.2, -0.15) is 0 Å². The second kappa shape index (κ2) is 5.05. The van der Waals surface area contributed by atoms with Gasteiger partial charge in [-0.25, -0.2) is 4.79 Å². The van der Waals surface area contributed by atoms with Crippen LogP contribution in [-0.2, 0) is 4.79 Å². The van der Waals surface area contributed by atoms with Crippen molar-refractivity contribution in [2.24, 2.45) is 5.41 Å². The highest BCUT2D eigenvalue weighted by molar-refractivity contribution is 6.02. The van der Waals surface area contributed by atoms with E-state index in [0.29, 0.717) is 0 Å². The Labute approximate surface area is 109 Å². The number of hydrogen-bond acceptors (Lipinski definition) is 4. The summed E-state index contributed by atoms with van der Waals surface area (Å²) in [5.74, 6) is -1.69. The second-order valence-corrected chi connectivity index (χ2v) is 5.00. The fourth-order valence-corrected chi connectivity index (χ4v) is 1.25. The van der Waals surface area contributed by atoms with E-state index in [1.165, 1.54) is 0 Å². The molecule has 19 heavy (non-hydrogen) atoms. The lowest BCUT2D eigenvalue weighted by Gasteiger charge is -2.18. The molecule has 1 rings (SSSR count). The average molecular weight is 266 g/mol. The molecule has 1 amide bonds. The van der Waals surface area contributed by atoms with E-state index in [1.807, 2.05) is 0 Å². The summed E-state index contributed by atoms with van der Waals surface area (Å²) in [5.41, 5.74) is -1.29. The zero-order chi connectivity index (χ0) is 14.8. The maximum atomic E-state index is 11.8. The van der Waals surface area contributed by atoms with Crippen LogP contribution in [0.4, 0.5) is 11.4 Å². The summed E-state index contributed by atoms with van der Waals surface area (Å²) in [6.45, 7) is 4.96. The Bertz CT molecular complexity index is 546. The molecule has 0 bridgehead atoms. The summed E-state index contributed by atoms with van der Waals surface area (Å²) in [4.78, 5) is 32.8. The van der Waals surface area contributed by atoms with Crippen LogP contribution in [0.15, 0.2) is 18.2 Å². The van der Waals surface area contributed by atoms with Gasteiger partial charge in [0.05, 0.1) is 16.2 Å². The van der Waals surface area contributed by atoms with Crippen molar-refractivity contribution in [1.29, 1.82) is 0 Å². The third-order valence-electron chi connectivity index (χ3n) is 2.37. The summed E-state index contributed by atoms with van der Waals surface area (Å²) in [5, 5.41) is 22.1. The van der Waals surface area contributed by atoms with Crippen molar-refractivity contribution in [3.8, 4) is 0 Å². The van der Waals surface area contributed by atoms with Crippen molar-refractivity contribution in [3.63, 3.8) is 0 Å². The molecule has 0 unspecified atom stereocenters. The first-order valence-corrected chi connectivity index (χ1v) is 5.46. The molecule has 7 heteroatoms. The summed E-state index contributed by atoms with van der Waals surface area (Å²) < 4.78 is 0. The van der Waals surface area contributed by atoms with Crippen LogP contribution in [0, 0.1) is 15.5 Å². The third kappa shape index (κ3) is 3.51. The Balaban J connectivity index is 3.22. The van der Waals surface area contributed by atoms with Crippen LogP contribution in [0.3, 0.4) is 0 Å². The molecular weight excluding hydrogens is 252 g/mol. The Hall–Kier alpha value is -2.44. The predicted octanol–water partition coefficient (Wildman–Crippen LogP) is 2.28. The van der Waals surface area contributed by atoms with Crippen LogP contribution in [-0.4, -0.2) is 21.9 Å². The number of anilines is 1. The number of carbonyl (C=O) groups is 2. The van der Waals surface area contributed by atoms with Gasteiger partial charge in [0.1, 0.15) is 0 Å². The van der Waals surface area contributed by atoms with E-state index in [9.17, 15) is 19.7 Å². The number of rotatable bonds is 3. The van der Waals surface area contributed by atoms with Gasteiger partial charge in [-0.3, -0.25) is 14.9 Å². The summed E-state index contributed by atoms with van der Waals surface area (Å²) in [6, 6.07) is 3.21. The molecule has 0 aromatic heterocycles. The Kier molecular flexibility index (Phi) is 3.89. The van der Waals surface area contributed by atoms with Gasteiger partial charge in [0, 0.05) is 17.5 Å². The van der Waals surface area contributed by atoms with Gasteiger partial charge in [0.15, 0.2) is 0 Å². The van der Waals surface area contributed by atoms with Crippen LogP contribution in [0.5, 0.6) is 0 Å². The largest absolute Gasteiger partial charge is 0.478 e. The highest BCUT2D eigenvalue weighted by Crippen LogP contribution is 2.25. The number of carboxylic acid groups (broad SMARTS) is 1. The number of nitrogens with zero attached hydrogens (tertiary/aromatic N) is 1. The van der Waals surface area contributed by atoms with E-state index >= 15 is 0 Å². The topological polar surface area (TPSA) is 110 Å². The van der Waals surface area contributed by atoms with Crippen molar-refractivity contribution in [1.82, 2.24) is 0 Å². The first-order valence-electron chi connectivity index (χ1n) is 5.46. The van der Waals surface area contributed by atoms with Crippen LogP contribution in [0.25, 0.3) is 0 Å². The molecule has 0 saturated heterocycles. The van der Waals surface area contributed by atoms with Crippen LogP contribution in [0.2, 0.25) is 0 Å². The van der Waals surface area contributed by atoms with E-state index in [0.717, 1.165) is 18.2 Å². The number of carboxylic acids is 1. The van der Waals surface area contributed by atoms with Gasteiger partial charge in [0.25, 0.3) is 5.69 Å². The fourth-order valence-electron chi connectivity index (χ4n) is 1.25. The number of hydrogen-bond donors (Lipinski definition) is 2. The maximum Gasteiger partial charge on any atom is 0.337 e. The lowest BCUT2D eigenvalue weighted by molar-refractivity contribution is -0.384. The number of nitro benzene ring substituents is 1. The van der Waals surface area contributed by atoms with E-state index in [4.69, 9.17) is 5.11 Å². The molecule has 0 aliphatic heterocycles. The molecule has 0 radical (unpaired) electrons. The van der Waals surface area contributed by atoms with Gasteiger partial charge in [0.2, 0.25) is 5.91 Å². The lowest BCUT2D eigenvalue weighted by atomic mass is 9.95. The number of carbonyl (C=O) groups excluding carboxylic acids is 1. The molecular formula is C12H14N2O5. The van der Waals surface area contributed by atoms with Crippen LogP contribution < -0.4 is 5.32 Å². The summed E-state index contributed by atoms with van der Waals surface area (Å²) >= 11 is 0. The van der Waals surface area contributed by atoms with Crippen molar-refractivity contribution < 1.29 is 19.6 Å². The molecule has 0 fully saturated rings. The first-order chi connectivity index (χ1) is 8.62. The first kappa shape index (κ1) is 14.6. The van der Waals surface area contributed by atoms with Gasteiger partial charge in [-0.05, 0) is 6.07 Å². The normalized spacial score (nSPS) is 10.9. The SMILES string of the molecule is CC(C)(C)C(=O)Nc1cc([N+](=O)[O-])ccc1C(=O)O. The Morgan fingerprint density at radius 2 is 1.89 bits per heavy atom. The maximum absolute atomic E-state index is 11.8. The van der Waals surface area contributed by atoms with Crippen LogP contribution in [0.1, 0.15) is 31.1 Å². The molecule has 0 aliphatic carbocycles. The number of amides is 1. The minimum Gasteiger partial charge on any atom is -0.478 e. The molecule has 2 N–H and O–H groups in total. The van der Waals surface area contributed by atoms with Crippen molar-refractivity contribution in [3.05, 3.63) is 33.9 Å². The van der Waals surface area contributed by atoms with Crippen LogP contribution >= 0.6 is 0 Å². The Morgan fingerprint density at radius 3 is 2.32 bits per heavy atom. The number of nitro groups is 1. The number of nitrogens with one attached hydrogen (secondary N) is 1. The standard InChI is InChI=1S/C12H14N2O5/c1-12(2,3)11(17)13-9-6-7(14(18)19)4-5-8(9)10(15)16/h4-6H,1-3H3,(H,13,17)(H,15,16). The van der Waals surface area contributed by atoms with Gasteiger partial charge < -0.3 is 10.4 Å². The van der Waals surface area contributed by atoms with Gasteiger partial charge in [-0.1, -0.05) is 20.8 Å². The molecule has 102 valence electrons. The number of benzene rings is 1. The molecule has 0 aliphatic rings. The predicted molar refractivity (Wildman–Crippen MR) is 68.1 cm³/mol. The van der Waals surface area contributed by atoms with Crippen molar-refractivity contribution in [2.75, 3.05) is 5.32 Å². The molecule has 0 spiro atoms. The minimum atomic E-state index is -1.26. The van der Waals surface area contributed by atoms with E-state index in [2.05, 4.69) is 5.32 Å². The van der Waals surface area contributed by atoms with Gasteiger partial charge in [-0.15, -0.1) is 0 Å².